The second-order valence-electron chi connectivity index (χ2n) is 6.96. The van der Waals surface area contributed by atoms with Crippen molar-refractivity contribution in [2.75, 3.05) is 5.32 Å². The zero-order chi connectivity index (χ0) is 20.7. The Hall–Kier alpha value is -4.07. The van der Waals surface area contributed by atoms with E-state index in [1.54, 1.807) is 17.0 Å². The van der Waals surface area contributed by atoms with Crippen molar-refractivity contribution in [2.45, 2.75) is 13.0 Å². The van der Waals surface area contributed by atoms with Crippen molar-refractivity contribution < 1.29 is 4.39 Å². The number of pyridine rings is 1. The highest BCUT2D eigenvalue weighted by Gasteiger charge is 2.18. The number of nitrogens with zero attached hydrogens (tertiary/aromatic N) is 4. The van der Waals surface area contributed by atoms with E-state index in [0.29, 0.717) is 39.1 Å². The zero-order valence-electron chi connectivity index (χ0n) is 16.0. The fourth-order valence-corrected chi connectivity index (χ4v) is 3.61. The summed E-state index contributed by atoms with van der Waals surface area (Å²) in [6.45, 7) is 1.93. The Morgan fingerprint density at radius 1 is 1.07 bits per heavy atom. The zero-order valence-corrected chi connectivity index (χ0v) is 16.0. The van der Waals surface area contributed by atoms with E-state index >= 15 is 0 Å². The number of hydrogen-bond donors (Lipinski definition) is 2. The standard InChI is InChI=1S/C22H17FN6O/c1-13(28-21-19-20(25-11-24-19)26-12-27-21)18-9-14-7-8-15(23)10-17(14)22(30)29(18)16-5-3-2-4-6-16/h2-13H,1H3,(H2,24,25,26,27,28)/t13-/m0/s1. The molecule has 0 spiro atoms. The average Bonchev–Trinajstić information content (AvgIpc) is 3.24. The smallest absolute Gasteiger partial charge is 0.263 e. The first-order chi connectivity index (χ1) is 14.6. The maximum atomic E-state index is 13.8. The quantitative estimate of drug-likeness (QED) is 0.477. The molecule has 0 bridgehead atoms. The van der Waals surface area contributed by atoms with Crippen LogP contribution in [0.4, 0.5) is 10.2 Å². The fraction of sp³-hybridized carbons (Fsp3) is 0.0909. The minimum atomic E-state index is -0.444. The fourth-order valence-electron chi connectivity index (χ4n) is 3.61. The molecule has 0 aliphatic carbocycles. The first kappa shape index (κ1) is 18.0. The molecular weight excluding hydrogens is 383 g/mol. The molecule has 30 heavy (non-hydrogen) atoms. The molecule has 8 heteroatoms. The maximum absolute atomic E-state index is 13.8. The minimum Gasteiger partial charge on any atom is -0.360 e. The molecule has 0 aliphatic heterocycles. The van der Waals surface area contributed by atoms with Crippen molar-refractivity contribution in [3.63, 3.8) is 0 Å². The maximum Gasteiger partial charge on any atom is 0.263 e. The Kier molecular flexibility index (Phi) is 4.24. The van der Waals surface area contributed by atoms with Gasteiger partial charge in [-0.2, -0.15) is 0 Å². The van der Waals surface area contributed by atoms with Gasteiger partial charge in [0.1, 0.15) is 17.7 Å². The summed E-state index contributed by atoms with van der Waals surface area (Å²) in [4.78, 5) is 29.0. The topological polar surface area (TPSA) is 88.5 Å². The van der Waals surface area contributed by atoms with Crippen molar-refractivity contribution in [1.29, 1.82) is 0 Å². The highest BCUT2D eigenvalue weighted by atomic mass is 19.1. The summed E-state index contributed by atoms with van der Waals surface area (Å²) in [6, 6.07) is 15.1. The van der Waals surface area contributed by atoms with Crippen LogP contribution in [0.3, 0.4) is 0 Å². The molecule has 3 aromatic heterocycles. The van der Waals surface area contributed by atoms with Gasteiger partial charge in [-0.05, 0) is 42.6 Å². The third-order valence-electron chi connectivity index (χ3n) is 5.04. The molecule has 5 aromatic rings. The first-order valence-electron chi connectivity index (χ1n) is 9.43. The summed E-state index contributed by atoms with van der Waals surface area (Å²) in [5.74, 6) is 0.111. The van der Waals surface area contributed by atoms with Gasteiger partial charge in [0.2, 0.25) is 0 Å². The van der Waals surface area contributed by atoms with Gasteiger partial charge in [0.15, 0.2) is 11.5 Å². The van der Waals surface area contributed by atoms with E-state index in [1.807, 2.05) is 43.3 Å². The molecule has 0 unspecified atom stereocenters. The molecule has 0 saturated carbocycles. The number of para-hydroxylation sites is 1. The molecule has 0 fully saturated rings. The molecular formula is C22H17FN6O. The number of benzene rings is 2. The summed E-state index contributed by atoms with van der Waals surface area (Å²) in [6.07, 6.45) is 3.00. The Morgan fingerprint density at radius 2 is 1.90 bits per heavy atom. The van der Waals surface area contributed by atoms with Gasteiger partial charge < -0.3 is 10.3 Å². The lowest BCUT2D eigenvalue weighted by Crippen LogP contribution is -2.25. The Labute approximate surface area is 170 Å². The largest absolute Gasteiger partial charge is 0.360 e. The second-order valence-corrected chi connectivity index (χ2v) is 6.96. The van der Waals surface area contributed by atoms with Crippen LogP contribution in [0.5, 0.6) is 0 Å². The van der Waals surface area contributed by atoms with Crippen molar-refractivity contribution in [2.24, 2.45) is 0 Å². The van der Waals surface area contributed by atoms with E-state index in [2.05, 4.69) is 25.3 Å². The Bertz CT molecular complexity index is 1430. The van der Waals surface area contributed by atoms with Gasteiger partial charge in [0.05, 0.1) is 17.8 Å². The number of rotatable bonds is 4. The van der Waals surface area contributed by atoms with E-state index in [-0.39, 0.29) is 11.6 Å². The van der Waals surface area contributed by atoms with Crippen molar-refractivity contribution in [3.8, 4) is 5.69 Å². The van der Waals surface area contributed by atoms with E-state index in [4.69, 9.17) is 0 Å². The number of hydrogen-bond acceptors (Lipinski definition) is 5. The summed E-state index contributed by atoms with van der Waals surface area (Å²) in [5, 5.41) is 4.33. The lowest BCUT2D eigenvalue weighted by Gasteiger charge is -2.21. The van der Waals surface area contributed by atoms with Gasteiger partial charge in [-0.3, -0.25) is 9.36 Å². The SMILES string of the molecule is C[C@H](Nc1ncnc2[nH]cnc12)c1cc2ccc(F)cc2c(=O)n1-c1ccccc1. The molecule has 0 aliphatic rings. The normalized spacial score (nSPS) is 12.3. The van der Waals surface area contributed by atoms with Crippen LogP contribution >= 0.6 is 0 Å². The van der Waals surface area contributed by atoms with Crippen LogP contribution in [0.2, 0.25) is 0 Å². The second kappa shape index (κ2) is 7.07. The predicted molar refractivity (Wildman–Crippen MR) is 113 cm³/mol. The summed E-state index contributed by atoms with van der Waals surface area (Å²) in [7, 11) is 0. The Morgan fingerprint density at radius 3 is 2.73 bits per heavy atom. The molecule has 0 radical (unpaired) electrons. The van der Waals surface area contributed by atoms with Crippen LogP contribution in [0.25, 0.3) is 27.6 Å². The van der Waals surface area contributed by atoms with E-state index < -0.39 is 5.82 Å². The lowest BCUT2D eigenvalue weighted by atomic mass is 10.1. The number of imidazole rings is 1. The van der Waals surface area contributed by atoms with Crippen LogP contribution in [-0.2, 0) is 0 Å². The molecule has 1 atom stereocenters. The number of halogens is 1. The molecule has 5 rings (SSSR count). The van der Waals surface area contributed by atoms with Crippen molar-refractivity contribution in [3.05, 3.63) is 89.1 Å². The first-order valence-corrected chi connectivity index (χ1v) is 9.43. The highest BCUT2D eigenvalue weighted by molar-refractivity contribution is 5.84. The molecule has 2 aromatic carbocycles. The number of aromatic amines is 1. The van der Waals surface area contributed by atoms with Gasteiger partial charge in [-0.1, -0.05) is 24.3 Å². The summed E-state index contributed by atoms with van der Waals surface area (Å²) >= 11 is 0. The van der Waals surface area contributed by atoms with Gasteiger partial charge in [0, 0.05) is 11.4 Å². The predicted octanol–water partition coefficient (Wildman–Crippen LogP) is 3.97. The number of H-pyrrole nitrogens is 1. The van der Waals surface area contributed by atoms with Crippen molar-refractivity contribution in [1.82, 2.24) is 24.5 Å². The molecule has 0 saturated heterocycles. The van der Waals surface area contributed by atoms with Gasteiger partial charge >= 0.3 is 0 Å². The van der Waals surface area contributed by atoms with Crippen LogP contribution in [0.1, 0.15) is 18.7 Å². The third kappa shape index (κ3) is 2.98. The van der Waals surface area contributed by atoms with Crippen LogP contribution in [-0.4, -0.2) is 24.5 Å². The van der Waals surface area contributed by atoms with Crippen molar-refractivity contribution >= 4 is 27.8 Å². The molecule has 148 valence electrons. The van der Waals surface area contributed by atoms with Crippen LogP contribution in [0, 0.1) is 5.82 Å². The molecule has 2 N–H and O–H groups in total. The lowest BCUT2D eigenvalue weighted by molar-refractivity contribution is 0.629. The molecule has 3 heterocycles. The number of fused-ring (bicyclic) bond motifs is 2. The van der Waals surface area contributed by atoms with Gasteiger partial charge in [-0.15, -0.1) is 0 Å². The highest BCUT2D eigenvalue weighted by Crippen LogP contribution is 2.25. The number of aromatic nitrogens is 5. The van der Waals surface area contributed by atoms with E-state index in [9.17, 15) is 9.18 Å². The van der Waals surface area contributed by atoms with E-state index in [0.717, 1.165) is 0 Å². The number of anilines is 1. The van der Waals surface area contributed by atoms with Crippen LogP contribution in [0.15, 0.2) is 72.0 Å². The monoisotopic (exact) mass is 400 g/mol. The Balaban J connectivity index is 1.70. The number of nitrogens with one attached hydrogen (secondary N) is 2. The third-order valence-corrected chi connectivity index (χ3v) is 5.04. The molecule has 0 amide bonds. The van der Waals surface area contributed by atoms with Gasteiger partial charge in [-0.25, -0.2) is 19.3 Å². The average molecular weight is 400 g/mol. The van der Waals surface area contributed by atoms with E-state index in [1.165, 1.54) is 18.5 Å². The van der Waals surface area contributed by atoms with Gasteiger partial charge in [0.25, 0.3) is 5.56 Å². The van der Waals surface area contributed by atoms with Crippen LogP contribution < -0.4 is 10.9 Å². The summed E-state index contributed by atoms with van der Waals surface area (Å²) in [5.41, 5.74) is 2.36. The summed E-state index contributed by atoms with van der Waals surface area (Å²) < 4.78 is 15.4. The molecule has 7 nitrogen and oxygen atoms in total. The minimum absolute atomic E-state index is 0.283.